The highest BCUT2D eigenvalue weighted by Gasteiger charge is 2.18. The van der Waals surface area contributed by atoms with Crippen LogP contribution in [0, 0.1) is 0 Å². The van der Waals surface area contributed by atoms with Crippen molar-refractivity contribution in [2.75, 3.05) is 18.5 Å². The SMILES string of the molecule is CN(c1cccc(Cl)c1)C1CCCN1. The van der Waals surface area contributed by atoms with Gasteiger partial charge in [-0.15, -0.1) is 0 Å². The molecule has 2 nitrogen and oxygen atoms in total. The molecule has 1 aromatic carbocycles. The number of hydrogen-bond acceptors (Lipinski definition) is 2. The normalized spacial score (nSPS) is 21.1. The number of halogens is 1. The van der Waals surface area contributed by atoms with Crippen LogP contribution in [0.1, 0.15) is 12.8 Å². The molecule has 14 heavy (non-hydrogen) atoms. The maximum absolute atomic E-state index is 5.95. The molecule has 0 aromatic heterocycles. The van der Waals surface area contributed by atoms with Crippen molar-refractivity contribution in [3.05, 3.63) is 29.3 Å². The summed E-state index contributed by atoms with van der Waals surface area (Å²) in [5, 5.41) is 4.26. The monoisotopic (exact) mass is 210 g/mol. The van der Waals surface area contributed by atoms with E-state index in [9.17, 15) is 0 Å². The Balaban J connectivity index is 2.13. The molecular formula is C11H15ClN2. The van der Waals surface area contributed by atoms with E-state index in [1.807, 2.05) is 18.2 Å². The quantitative estimate of drug-likeness (QED) is 0.807. The van der Waals surface area contributed by atoms with Gasteiger partial charge in [-0.1, -0.05) is 17.7 Å². The second-order valence-electron chi connectivity index (χ2n) is 3.70. The molecule has 1 saturated heterocycles. The van der Waals surface area contributed by atoms with Crippen molar-refractivity contribution in [3.8, 4) is 0 Å². The smallest absolute Gasteiger partial charge is 0.0793 e. The third kappa shape index (κ3) is 2.02. The second-order valence-corrected chi connectivity index (χ2v) is 4.14. The molecule has 0 aliphatic carbocycles. The average molecular weight is 211 g/mol. The maximum atomic E-state index is 5.95. The molecule has 1 atom stereocenters. The number of hydrogen-bond donors (Lipinski definition) is 1. The third-order valence-electron chi connectivity index (χ3n) is 2.72. The Labute approximate surface area is 89.9 Å². The number of nitrogens with one attached hydrogen (secondary N) is 1. The van der Waals surface area contributed by atoms with Gasteiger partial charge in [-0.2, -0.15) is 0 Å². The van der Waals surface area contributed by atoms with Crippen molar-refractivity contribution in [2.45, 2.75) is 19.0 Å². The number of nitrogens with zero attached hydrogens (tertiary/aromatic N) is 1. The van der Waals surface area contributed by atoms with Crippen LogP contribution in [0.4, 0.5) is 5.69 Å². The topological polar surface area (TPSA) is 15.3 Å². The van der Waals surface area contributed by atoms with Crippen LogP contribution in [0.3, 0.4) is 0 Å². The summed E-state index contributed by atoms with van der Waals surface area (Å²) in [5.41, 5.74) is 1.18. The summed E-state index contributed by atoms with van der Waals surface area (Å²) >= 11 is 5.95. The minimum Gasteiger partial charge on any atom is -0.359 e. The molecule has 1 heterocycles. The van der Waals surface area contributed by atoms with Gasteiger partial charge in [-0.25, -0.2) is 0 Å². The molecule has 1 unspecified atom stereocenters. The predicted molar refractivity (Wildman–Crippen MR) is 60.9 cm³/mol. The van der Waals surface area contributed by atoms with E-state index in [1.54, 1.807) is 0 Å². The van der Waals surface area contributed by atoms with E-state index < -0.39 is 0 Å². The lowest BCUT2D eigenvalue weighted by Crippen LogP contribution is -2.39. The molecule has 1 aliphatic heterocycles. The first kappa shape index (κ1) is 9.81. The summed E-state index contributed by atoms with van der Waals surface area (Å²) in [7, 11) is 2.11. The van der Waals surface area contributed by atoms with Crippen molar-refractivity contribution in [3.63, 3.8) is 0 Å². The van der Waals surface area contributed by atoms with Crippen LogP contribution in [0.25, 0.3) is 0 Å². The van der Waals surface area contributed by atoms with Gasteiger partial charge in [0, 0.05) is 17.8 Å². The van der Waals surface area contributed by atoms with Gasteiger partial charge < -0.3 is 4.90 Å². The first-order valence-corrected chi connectivity index (χ1v) is 5.37. The standard InChI is InChI=1S/C11H15ClN2/c1-14(11-6-3-7-13-11)10-5-2-4-9(12)8-10/h2,4-5,8,11,13H,3,6-7H2,1H3. The molecule has 0 radical (unpaired) electrons. The number of anilines is 1. The highest BCUT2D eigenvalue weighted by atomic mass is 35.5. The van der Waals surface area contributed by atoms with Gasteiger partial charge in [0.15, 0.2) is 0 Å². The zero-order valence-electron chi connectivity index (χ0n) is 8.33. The summed E-state index contributed by atoms with van der Waals surface area (Å²) in [6.45, 7) is 1.12. The summed E-state index contributed by atoms with van der Waals surface area (Å²) in [6, 6.07) is 7.98. The third-order valence-corrected chi connectivity index (χ3v) is 2.95. The van der Waals surface area contributed by atoms with Crippen molar-refractivity contribution < 1.29 is 0 Å². The Morgan fingerprint density at radius 1 is 1.50 bits per heavy atom. The first-order chi connectivity index (χ1) is 6.77. The summed E-state index contributed by atoms with van der Waals surface area (Å²) < 4.78 is 0. The fraction of sp³-hybridized carbons (Fsp3) is 0.455. The zero-order chi connectivity index (χ0) is 9.97. The molecule has 0 saturated carbocycles. The largest absolute Gasteiger partial charge is 0.359 e. The summed E-state index contributed by atoms with van der Waals surface area (Å²) in [4.78, 5) is 2.25. The van der Waals surface area contributed by atoms with Gasteiger partial charge in [-0.05, 0) is 37.6 Å². The van der Waals surface area contributed by atoms with Gasteiger partial charge in [-0.3, -0.25) is 5.32 Å². The van der Waals surface area contributed by atoms with Crippen molar-refractivity contribution in [1.29, 1.82) is 0 Å². The molecule has 0 bridgehead atoms. The Kier molecular flexibility index (Phi) is 2.94. The molecule has 3 heteroatoms. The second kappa shape index (κ2) is 4.20. The lowest BCUT2D eigenvalue weighted by molar-refractivity contribution is 0.594. The Morgan fingerprint density at radius 2 is 2.36 bits per heavy atom. The highest BCUT2D eigenvalue weighted by molar-refractivity contribution is 6.30. The molecule has 0 spiro atoms. The van der Waals surface area contributed by atoms with Gasteiger partial charge in [0.2, 0.25) is 0 Å². The van der Waals surface area contributed by atoms with Crippen LogP contribution >= 0.6 is 11.6 Å². The van der Waals surface area contributed by atoms with E-state index in [0.717, 1.165) is 11.6 Å². The van der Waals surface area contributed by atoms with Crippen LogP contribution in [-0.2, 0) is 0 Å². The van der Waals surface area contributed by atoms with E-state index >= 15 is 0 Å². The Bertz CT molecular complexity index is 308. The lowest BCUT2D eigenvalue weighted by atomic mass is 10.2. The van der Waals surface area contributed by atoms with Gasteiger partial charge in [0.05, 0.1) is 6.17 Å². The summed E-state index contributed by atoms with van der Waals surface area (Å²) in [6.07, 6.45) is 2.94. The maximum Gasteiger partial charge on any atom is 0.0793 e. The van der Waals surface area contributed by atoms with Crippen LogP contribution in [0.15, 0.2) is 24.3 Å². The number of rotatable bonds is 2. The molecule has 1 aliphatic rings. The van der Waals surface area contributed by atoms with Crippen LogP contribution in [0.5, 0.6) is 0 Å². The van der Waals surface area contributed by atoms with E-state index in [0.29, 0.717) is 6.17 Å². The predicted octanol–water partition coefficient (Wildman–Crippen LogP) is 2.49. The molecule has 0 amide bonds. The van der Waals surface area contributed by atoms with Gasteiger partial charge >= 0.3 is 0 Å². The molecule has 1 N–H and O–H groups in total. The number of benzene rings is 1. The minimum absolute atomic E-state index is 0.466. The van der Waals surface area contributed by atoms with Gasteiger partial charge in [0.25, 0.3) is 0 Å². The molecule has 1 aromatic rings. The zero-order valence-corrected chi connectivity index (χ0v) is 9.09. The van der Waals surface area contributed by atoms with Gasteiger partial charge in [0.1, 0.15) is 0 Å². The average Bonchev–Trinajstić information content (AvgIpc) is 2.69. The van der Waals surface area contributed by atoms with Crippen molar-refractivity contribution in [2.24, 2.45) is 0 Å². The Hall–Kier alpha value is -0.730. The van der Waals surface area contributed by atoms with Crippen molar-refractivity contribution >= 4 is 17.3 Å². The molecule has 76 valence electrons. The van der Waals surface area contributed by atoms with Crippen LogP contribution < -0.4 is 10.2 Å². The lowest BCUT2D eigenvalue weighted by Gasteiger charge is -2.26. The molecule has 2 rings (SSSR count). The molecule has 1 fully saturated rings. The Morgan fingerprint density at radius 3 is 3.00 bits per heavy atom. The minimum atomic E-state index is 0.466. The fourth-order valence-electron chi connectivity index (χ4n) is 1.87. The summed E-state index contributed by atoms with van der Waals surface area (Å²) in [5.74, 6) is 0. The van der Waals surface area contributed by atoms with E-state index in [2.05, 4.69) is 23.3 Å². The van der Waals surface area contributed by atoms with E-state index in [1.165, 1.54) is 18.5 Å². The first-order valence-electron chi connectivity index (χ1n) is 4.99. The fourth-order valence-corrected chi connectivity index (χ4v) is 2.06. The highest BCUT2D eigenvalue weighted by Crippen LogP contribution is 2.21. The van der Waals surface area contributed by atoms with Crippen LogP contribution in [0.2, 0.25) is 5.02 Å². The van der Waals surface area contributed by atoms with E-state index in [-0.39, 0.29) is 0 Å². The van der Waals surface area contributed by atoms with E-state index in [4.69, 9.17) is 11.6 Å². The van der Waals surface area contributed by atoms with Crippen molar-refractivity contribution in [1.82, 2.24) is 5.32 Å². The molecular weight excluding hydrogens is 196 g/mol. The van der Waals surface area contributed by atoms with Crippen LogP contribution in [-0.4, -0.2) is 19.8 Å².